The van der Waals surface area contributed by atoms with Crippen molar-refractivity contribution in [2.45, 2.75) is 57.0 Å². The molecule has 1 saturated heterocycles. The van der Waals surface area contributed by atoms with Gasteiger partial charge in [-0.2, -0.15) is 0 Å². The Hall–Kier alpha value is -2.56. The topological polar surface area (TPSA) is 104 Å². The average molecular weight is 484 g/mol. The summed E-state index contributed by atoms with van der Waals surface area (Å²) in [5.74, 6) is -1.68. The highest BCUT2D eigenvalue weighted by Crippen LogP contribution is 2.24. The van der Waals surface area contributed by atoms with Crippen LogP contribution in [0.3, 0.4) is 0 Å². The highest BCUT2D eigenvalue weighted by atomic mass is 32.2. The van der Waals surface area contributed by atoms with Crippen molar-refractivity contribution >= 4 is 15.7 Å². The lowest BCUT2D eigenvalue weighted by Gasteiger charge is -2.28. The maximum Gasteiger partial charge on any atom is 0.264 e. The van der Waals surface area contributed by atoms with E-state index in [0.717, 1.165) is 35.9 Å². The largest absolute Gasteiger partial charge is 0.350 e. The highest BCUT2D eigenvalue weighted by Gasteiger charge is 2.44. The lowest BCUT2D eigenvalue weighted by atomic mass is 10.0. The number of nitrogens with zero attached hydrogens (tertiary/aromatic N) is 1. The van der Waals surface area contributed by atoms with Gasteiger partial charge in [0.15, 0.2) is 20.9 Å². The summed E-state index contributed by atoms with van der Waals surface area (Å²) < 4.78 is 66.5. The van der Waals surface area contributed by atoms with Crippen molar-refractivity contribution in [3.05, 3.63) is 58.3 Å². The van der Waals surface area contributed by atoms with E-state index in [9.17, 15) is 22.4 Å². The molecule has 180 valence electrons. The molecule has 2 atom stereocenters. The number of aromatic nitrogens is 1. The quantitative estimate of drug-likeness (QED) is 0.579. The van der Waals surface area contributed by atoms with Crippen LogP contribution in [-0.2, 0) is 30.8 Å². The number of carbonyl (C=O) groups excluding carboxylic acids is 1. The number of hydrogen-bond acceptors (Lipinski definition) is 6. The van der Waals surface area contributed by atoms with Gasteiger partial charge in [-0.3, -0.25) is 9.59 Å². The molecule has 1 fully saturated rings. The summed E-state index contributed by atoms with van der Waals surface area (Å²) in [4.78, 5) is 30.7. The first-order valence-electron chi connectivity index (χ1n) is 12.0. The number of sulfone groups is 1. The number of aryl methyl sites for hydroxylation is 2. The third-order valence-electron chi connectivity index (χ3n) is 5.82. The molecule has 1 aromatic carbocycles. The Kier molecular flexibility index (Phi) is 6.46. The molecular formula is C23H29FN2O6S. The van der Waals surface area contributed by atoms with Crippen molar-refractivity contribution in [1.29, 1.82) is 0 Å². The summed E-state index contributed by atoms with van der Waals surface area (Å²) in [6.45, 7) is -0.887. The van der Waals surface area contributed by atoms with Crippen LogP contribution in [0.15, 0.2) is 41.3 Å². The first kappa shape index (κ1) is 21.0. The van der Waals surface area contributed by atoms with Gasteiger partial charge in [0.2, 0.25) is 0 Å². The first-order valence-corrected chi connectivity index (χ1v) is 12.4. The Morgan fingerprint density at radius 1 is 1.36 bits per heavy atom. The Balaban J connectivity index is 1.77. The Labute approximate surface area is 196 Å². The zero-order valence-electron chi connectivity index (χ0n) is 21.5. The Morgan fingerprint density at radius 2 is 2.09 bits per heavy atom. The summed E-state index contributed by atoms with van der Waals surface area (Å²) in [6, 6.07) is 6.53. The van der Waals surface area contributed by atoms with E-state index in [1.165, 1.54) is 31.2 Å². The molecule has 2 heterocycles. The molecule has 0 bridgehead atoms. The average Bonchev–Trinajstić information content (AvgIpc) is 2.82. The molecule has 2 aromatic rings. The maximum absolute atomic E-state index is 14.9. The van der Waals surface area contributed by atoms with Crippen molar-refractivity contribution in [2.75, 3.05) is 12.9 Å². The van der Waals surface area contributed by atoms with E-state index >= 15 is 0 Å². The summed E-state index contributed by atoms with van der Waals surface area (Å²) >= 11 is 0. The van der Waals surface area contributed by atoms with Crippen LogP contribution in [0.5, 0.6) is 0 Å². The van der Waals surface area contributed by atoms with Crippen molar-refractivity contribution < 1.29 is 31.3 Å². The second-order valence-corrected chi connectivity index (χ2v) is 10.7. The molecule has 1 aliphatic heterocycles. The smallest absolute Gasteiger partial charge is 0.264 e. The van der Waals surface area contributed by atoms with Gasteiger partial charge in [-0.25, -0.2) is 23.1 Å². The number of ether oxygens (including phenoxy) is 1. The van der Waals surface area contributed by atoms with Gasteiger partial charge in [0.1, 0.15) is 5.82 Å². The van der Waals surface area contributed by atoms with Gasteiger partial charge in [0.05, 0.1) is 0 Å². The van der Waals surface area contributed by atoms with Gasteiger partial charge >= 0.3 is 0 Å². The molecule has 1 aliphatic rings. The number of benzene rings is 1. The SMILES string of the molecule is [2H]C([2H])([2H])c1ccc(-c2cc(=O)n(CC[C@](C)(C(=O)NOC3CCCCO3)S(C)(=O)=O)cc2F)cc1. The van der Waals surface area contributed by atoms with E-state index in [0.29, 0.717) is 18.6 Å². The minimum Gasteiger partial charge on any atom is -0.350 e. The molecule has 0 spiro atoms. The van der Waals surface area contributed by atoms with Crippen LogP contribution in [0.4, 0.5) is 4.39 Å². The van der Waals surface area contributed by atoms with Crippen LogP contribution in [0.1, 0.15) is 42.3 Å². The van der Waals surface area contributed by atoms with E-state index in [-0.39, 0.29) is 24.1 Å². The van der Waals surface area contributed by atoms with E-state index in [1.54, 1.807) is 0 Å². The molecule has 1 amide bonds. The molecule has 0 radical (unpaired) electrons. The van der Waals surface area contributed by atoms with E-state index in [4.69, 9.17) is 13.7 Å². The van der Waals surface area contributed by atoms with E-state index in [2.05, 4.69) is 5.48 Å². The van der Waals surface area contributed by atoms with E-state index in [1.807, 2.05) is 0 Å². The number of halogens is 1. The summed E-state index contributed by atoms with van der Waals surface area (Å²) in [5.41, 5.74) is 1.91. The fourth-order valence-corrected chi connectivity index (χ4v) is 4.26. The third kappa shape index (κ3) is 5.87. The van der Waals surface area contributed by atoms with Crippen molar-refractivity contribution in [2.24, 2.45) is 0 Å². The lowest BCUT2D eigenvalue weighted by Crippen LogP contribution is -2.51. The van der Waals surface area contributed by atoms with Gasteiger partial charge < -0.3 is 9.30 Å². The first-order chi connectivity index (χ1) is 16.7. The summed E-state index contributed by atoms with van der Waals surface area (Å²) in [7, 11) is -3.97. The summed E-state index contributed by atoms with van der Waals surface area (Å²) in [5, 5.41) is 0. The maximum atomic E-state index is 14.9. The molecule has 33 heavy (non-hydrogen) atoms. The van der Waals surface area contributed by atoms with Gasteiger partial charge in [-0.05, 0) is 38.6 Å². The molecule has 1 aromatic heterocycles. The minimum absolute atomic E-state index is 0.0298. The number of carbonyl (C=O) groups is 1. The van der Waals surface area contributed by atoms with Crippen molar-refractivity contribution in [1.82, 2.24) is 10.0 Å². The predicted octanol–water partition coefficient (Wildman–Crippen LogP) is 2.73. The number of nitrogens with one attached hydrogen (secondary N) is 1. The Bertz CT molecular complexity index is 1260. The van der Waals surface area contributed by atoms with Crippen LogP contribution in [-0.4, -0.2) is 42.8 Å². The normalized spacial score (nSPS) is 20.2. The van der Waals surface area contributed by atoms with Crippen LogP contribution in [0, 0.1) is 12.7 Å². The zero-order chi connectivity index (χ0) is 26.7. The standard InChI is InChI=1S/C23H29FN2O6S/c1-16-7-9-17(10-8-16)18-14-20(27)26(15-19(18)24)12-11-23(2,33(3,29)30)22(28)25-32-21-6-4-5-13-31-21/h7-10,14-15,21H,4-6,11-13H2,1-3H3,(H,25,28)/t21?,23-/m1/s1/i1D3. The molecule has 3 rings (SSSR count). The number of rotatable bonds is 8. The van der Waals surface area contributed by atoms with Crippen LogP contribution in [0.2, 0.25) is 0 Å². The molecule has 1 N–H and O–H groups in total. The molecular weight excluding hydrogens is 451 g/mol. The number of pyridine rings is 1. The monoisotopic (exact) mass is 483 g/mol. The van der Waals surface area contributed by atoms with Gasteiger partial charge in [-0.1, -0.05) is 29.8 Å². The lowest BCUT2D eigenvalue weighted by molar-refractivity contribution is -0.201. The number of hydroxylamine groups is 1. The highest BCUT2D eigenvalue weighted by molar-refractivity contribution is 7.92. The Morgan fingerprint density at radius 3 is 2.70 bits per heavy atom. The minimum atomic E-state index is -3.97. The van der Waals surface area contributed by atoms with Crippen LogP contribution >= 0.6 is 0 Å². The van der Waals surface area contributed by atoms with Gasteiger partial charge in [0, 0.05) is 47.8 Å². The molecule has 1 unspecified atom stereocenters. The molecule has 8 nitrogen and oxygen atoms in total. The van der Waals surface area contributed by atoms with Crippen LogP contribution in [0.25, 0.3) is 11.1 Å². The predicted molar refractivity (Wildman–Crippen MR) is 122 cm³/mol. The van der Waals surface area contributed by atoms with Crippen LogP contribution < -0.4 is 11.0 Å². The fourth-order valence-electron chi connectivity index (χ4n) is 3.42. The van der Waals surface area contributed by atoms with Crippen molar-refractivity contribution in [3.8, 4) is 11.1 Å². The van der Waals surface area contributed by atoms with Crippen molar-refractivity contribution in [3.63, 3.8) is 0 Å². The van der Waals surface area contributed by atoms with Gasteiger partial charge in [-0.15, -0.1) is 0 Å². The second-order valence-electron chi connectivity index (χ2n) is 8.24. The number of hydrogen-bond donors (Lipinski definition) is 1. The number of amides is 1. The second kappa shape index (κ2) is 10.1. The molecule has 0 aliphatic carbocycles. The van der Waals surface area contributed by atoms with E-state index < -0.39 is 45.0 Å². The van der Waals surface area contributed by atoms with Gasteiger partial charge in [0.25, 0.3) is 11.5 Å². The molecule has 0 saturated carbocycles. The zero-order valence-corrected chi connectivity index (χ0v) is 19.3. The summed E-state index contributed by atoms with van der Waals surface area (Å²) in [6.07, 6.45) is 3.10. The fraction of sp³-hybridized carbons (Fsp3) is 0.478. The molecule has 10 heteroatoms. The third-order valence-corrected chi connectivity index (χ3v) is 7.85.